The summed E-state index contributed by atoms with van der Waals surface area (Å²) in [5.74, 6) is 6.07. The van der Waals surface area contributed by atoms with Crippen LogP contribution in [0, 0.1) is 11.8 Å². The number of amides is 1. The maximum atomic E-state index is 12.2. The third-order valence-electron chi connectivity index (χ3n) is 5.21. The summed E-state index contributed by atoms with van der Waals surface area (Å²) in [4.78, 5) is 16.0. The lowest BCUT2D eigenvalue weighted by molar-refractivity contribution is 0.143. The van der Waals surface area contributed by atoms with E-state index >= 15 is 0 Å². The zero-order chi connectivity index (χ0) is 22.3. The third kappa shape index (κ3) is 4.90. The van der Waals surface area contributed by atoms with Gasteiger partial charge in [-0.25, -0.2) is 4.79 Å². The van der Waals surface area contributed by atoms with Gasteiger partial charge in [-0.3, -0.25) is 0 Å². The summed E-state index contributed by atoms with van der Waals surface area (Å²) in [7, 11) is 0. The van der Waals surface area contributed by atoms with E-state index in [1.165, 1.54) is 22.3 Å². The summed E-state index contributed by atoms with van der Waals surface area (Å²) >= 11 is 10.7. The fraction of sp³-hybridized carbons (Fsp3) is 0.154. The van der Waals surface area contributed by atoms with Gasteiger partial charge < -0.3 is 10.1 Å². The fourth-order valence-electron chi connectivity index (χ4n) is 3.77. The summed E-state index contributed by atoms with van der Waals surface area (Å²) in [6.07, 6.45) is 0.0425. The zero-order valence-electron chi connectivity index (χ0n) is 17.1. The lowest BCUT2D eigenvalue weighted by Crippen LogP contribution is -2.26. The summed E-state index contributed by atoms with van der Waals surface area (Å²) < 4.78 is 5.52. The van der Waals surface area contributed by atoms with E-state index < -0.39 is 6.09 Å². The Hall–Kier alpha value is -3.42. The topological polar surface area (TPSA) is 50.7 Å². The van der Waals surface area contributed by atoms with Crippen LogP contribution in [0.15, 0.2) is 71.7 Å². The number of nitrogens with zero attached hydrogens (tertiary/aromatic N) is 1. The van der Waals surface area contributed by atoms with Gasteiger partial charge in [-0.1, -0.05) is 72.0 Å². The second-order valence-corrected chi connectivity index (χ2v) is 7.76. The minimum Gasteiger partial charge on any atom is -0.449 e. The summed E-state index contributed by atoms with van der Waals surface area (Å²) in [5, 5.41) is 5.51. The van der Waals surface area contributed by atoms with E-state index in [-0.39, 0.29) is 5.92 Å². The van der Waals surface area contributed by atoms with Crippen LogP contribution in [-0.4, -0.2) is 24.4 Å². The van der Waals surface area contributed by atoms with Crippen LogP contribution in [0.2, 0.25) is 5.02 Å². The van der Waals surface area contributed by atoms with Crippen molar-refractivity contribution in [1.82, 2.24) is 5.32 Å². The Morgan fingerprint density at radius 3 is 2.41 bits per heavy atom. The minimum atomic E-state index is -0.445. The number of isothiocyanates is 1. The smallest absolute Gasteiger partial charge is 0.407 e. The monoisotopic (exact) mass is 458 g/mol. The molecule has 32 heavy (non-hydrogen) atoms. The molecule has 0 aromatic heterocycles. The summed E-state index contributed by atoms with van der Waals surface area (Å²) in [6.45, 7) is 0.686. The number of aliphatic imine (C=N–C) groups is 1. The zero-order valence-corrected chi connectivity index (χ0v) is 18.7. The van der Waals surface area contributed by atoms with Crippen molar-refractivity contribution >= 4 is 40.8 Å². The number of carbonyl (C=O) groups is 1. The van der Waals surface area contributed by atoms with E-state index in [4.69, 9.17) is 16.3 Å². The van der Waals surface area contributed by atoms with Crippen molar-refractivity contribution in [2.24, 2.45) is 4.99 Å². The molecular formula is C26H19ClN2O2S. The first kappa shape index (κ1) is 21.8. The largest absolute Gasteiger partial charge is 0.449 e. The first-order valence-electron chi connectivity index (χ1n) is 10.1. The highest BCUT2D eigenvalue weighted by molar-refractivity contribution is 7.78. The van der Waals surface area contributed by atoms with Crippen molar-refractivity contribution in [3.63, 3.8) is 0 Å². The molecule has 0 spiro atoms. The summed E-state index contributed by atoms with van der Waals surface area (Å²) in [5.41, 5.74) is 6.11. The summed E-state index contributed by atoms with van der Waals surface area (Å²) in [6, 6.07) is 21.8. The predicted octanol–water partition coefficient (Wildman–Crippen LogP) is 6.35. The number of hydrogen-bond donors (Lipinski definition) is 1. The number of rotatable bonds is 5. The highest BCUT2D eigenvalue weighted by Gasteiger charge is 2.28. The highest BCUT2D eigenvalue weighted by atomic mass is 35.5. The molecule has 0 radical (unpaired) electrons. The molecule has 0 aliphatic heterocycles. The first-order chi connectivity index (χ1) is 15.7. The van der Waals surface area contributed by atoms with E-state index in [0.717, 1.165) is 5.56 Å². The lowest BCUT2D eigenvalue weighted by Gasteiger charge is -2.14. The molecule has 4 nitrogen and oxygen atoms in total. The van der Waals surface area contributed by atoms with Crippen LogP contribution in [0.1, 0.15) is 29.0 Å². The standard InChI is InChI=1S/C26H19ClN2O2S/c27-24-15-18(12-13-25(24)29-17-32)7-5-6-14-28-26(30)31-16-23-21-10-3-1-8-19(21)20-9-2-4-11-22(20)23/h1-4,8-13,15,23H,6,14,16H2,(H,28,30). The number of benzene rings is 3. The highest BCUT2D eigenvalue weighted by Crippen LogP contribution is 2.44. The Bertz CT molecular complexity index is 1230. The predicted molar refractivity (Wildman–Crippen MR) is 131 cm³/mol. The van der Waals surface area contributed by atoms with Gasteiger partial charge in [0.15, 0.2) is 0 Å². The Balaban J connectivity index is 1.28. The van der Waals surface area contributed by atoms with Crippen LogP contribution in [0.25, 0.3) is 11.1 Å². The van der Waals surface area contributed by atoms with Gasteiger partial charge in [0, 0.05) is 24.4 Å². The Labute approximate surface area is 197 Å². The molecular weight excluding hydrogens is 440 g/mol. The van der Waals surface area contributed by atoms with Crippen molar-refractivity contribution < 1.29 is 9.53 Å². The van der Waals surface area contributed by atoms with E-state index in [1.807, 2.05) is 30.3 Å². The van der Waals surface area contributed by atoms with E-state index in [0.29, 0.717) is 30.3 Å². The molecule has 0 atom stereocenters. The quantitative estimate of drug-likeness (QED) is 0.209. The number of alkyl carbamates (subject to hydrolysis) is 1. The van der Waals surface area contributed by atoms with Gasteiger partial charge >= 0.3 is 6.09 Å². The second-order valence-electron chi connectivity index (χ2n) is 7.17. The fourth-order valence-corrected chi connectivity index (χ4v) is 4.09. The molecule has 0 unspecified atom stereocenters. The molecule has 1 aliphatic rings. The van der Waals surface area contributed by atoms with Gasteiger partial charge in [-0.05, 0) is 52.7 Å². The molecule has 0 heterocycles. The number of hydrogen-bond acceptors (Lipinski definition) is 4. The number of carbonyl (C=O) groups excluding carboxylic acids is 1. The van der Waals surface area contributed by atoms with Crippen LogP contribution in [0.5, 0.6) is 0 Å². The third-order valence-corrected chi connectivity index (χ3v) is 5.60. The van der Waals surface area contributed by atoms with E-state index in [9.17, 15) is 4.79 Å². The van der Waals surface area contributed by atoms with Crippen molar-refractivity contribution in [2.45, 2.75) is 12.3 Å². The molecule has 3 aromatic rings. The molecule has 158 valence electrons. The van der Waals surface area contributed by atoms with Crippen molar-refractivity contribution in [3.05, 3.63) is 88.4 Å². The average Bonchev–Trinajstić information content (AvgIpc) is 3.13. The SMILES string of the molecule is O=C(NCCC#Cc1ccc(N=C=S)c(Cl)c1)OCC1c2ccccc2-c2ccccc21. The molecule has 0 saturated carbocycles. The van der Waals surface area contributed by atoms with Gasteiger partial charge in [0.05, 0.1) is 15.9 Å². The first-order valence-corrected chi connectivity index (χ1v) is 10.9. The van der Waals surface area contributed by atoms with Crippen LogP contribution in [-0.2, 0) is 4.74 Å². The van der Waals surface area contributed by atoms with E-state index in [1.54, 1.807) is 12.1 Å². The minimum absolute atomic E-state index is 0.0447. The molecule has 1 amide bonds. The van der Waals surface area contributed by atoms with Crippen molar-refractivity contribution in [3.8, 4) is 23.0 Å². The number of halogens is 1. The number of nitrogens with one attached hydrogen (secondary N) is 1. The molecule has 1 aliphatic carbocycles. The Morgan fingerprint density at radius 2 is 1.75 bits per heavy atom. The lowest BCUT2D eigenvalue weighted by atomic mass is 9.98. The second kappa shape index (κ2) is 10.3. The van der Waals surface area contributed by atoms with Crippen molar-refractivity contribution in [2.75, 3.05) is 13.2 Å². The van der Waals surface area contributed by atoms with Crippen molar-refractivity contribution in [1.29, 1.82) is 0 Å². The van der Waals surface area contributed by atoms with Gasteiger partial charge in [-0.2, -0.15) is 4.99 Å². The van der Waals surface area contributed by atoms with Gasteiger partial charge in [0.25, 0.3) is 0 Å². The molecule has 1 N–H and O–H groups in total. The number of ether oxygens (including phenoxy) is 1. The molecule has 0 bridgehead atoms. The van der Waals surface area contributed by atoms with Gasteiger partial charge in [-0.15, -0.1) is 0 Å². The molecule has 0 fully saturated rings. The van der Waals surface area contributed by atoms with Gasteiger partial charge in [0.1, 0.15) is 6.61 Å². The Morgan fingerprint density at radius 1 is 1.06 bits per heavy atom. The molecule has 3 aromatic carbocycles. The normalized spacial score (nSPS) is 11.4. The van der Waals surface area contributed by atoms with Crippen LogP contribution >= 0.6 is 23.8 Å². The number of thiocarbonyl (C=S) groups is 1. The molecule has 0 saturated heterocycles. The molecule has 4 rings (SSSR count). The van der Waals surface area contributed by atoms with Crippen LogP contribution in [0.3, 0.4) is 0 Å². The van der Waals surface area contributed by atoms with E-state index in [2.05, 4.69) is 63.8 Å². The average molecular weight is 459 g/mol. The Kier molecular flexibility index (Phi) is 6.99. The number of fused-ring (bicyclic) bond motifs is 3. The molecule has 6 heteroatoms. The van der Waals surface area contributed by atoms with Gasteiger partial charge in [0.2, 0.25) is 0 Å². The maximum Gasteiger partial charge on any atom is 0.407 e. The van der Waals surface area contributed by atoms with Crippen LogP contribution < -0.4 is 5.32 Å². The van der Waals surface area contributed by atoms with Crippen LogP contribution in [0.4, 0.5) is 10.5 Å². The maximum absolute atomic E-state index is 12.2.